The van der Waals surface area contributed by atoms with Crippen molar-refractivity contribution in [3.05, 3.63) is 34.6 Å². The number of halogens is 5. The lowest BCUT2D eigenvalue weighted by atomic mass is 10.2. The van der Waals surface area contributed by atoms with Crippen molar-refractivity contribution in [3.63, 3.8) is 0 Å². The van der Waals surface area contributed by atoms with E-state index >= 15 is 0 Å². The largest absolute Gasteiger partial charge is 0.673 e. The number of benzene rings is 1. The van der Waals surface area contributed by atoms with Gasteiger partial charge in [0.15, 0.2) is 4.98 Å². The maximum atomic E-state index is 12.6. The Morgan fingerprint density at radius 2 is 1.67 bits per heavy atom. The first-order valence-electron chi connectivity index (χ1n) is 3.73. The van der Waals surface area contributed by atoms with Crippen LogP contribution in [-0.2, 0) is 0 Å². The summed E-state index contributed by atoms with van der Waals surface area (Å²) in [6.07, 6.45) is 0. The van der Waals surface area contributed by atoms with Gasteiger partial charge in [-0.3, -0.25) is 0 Å². The molecule has 8 heteroatoms. The maximum absolute atomic E-state index is 12.6. The van der Waals surface area contributed by atoms with E-state index in [1.165, 1.54) is 12.1 Å². The molecule has 1 aromatic rings. The molecule has 0 heterocycles. The molecule has 0 bridgehead atoms. The number of rotatable bonds is 0. The third kappa shape index (κ3) is 6.43. The Balaban J connectivity index is 0.000000336. The molecule has 0 aliphatic rings. The lowest BCUT2D eigenvalue weighted by Crippen LogP contribution is -2.02. The van der Waals surface area contributed by atoms with Crippen LogP contribution in [0.15, 0.2) is 18.2 Å². The Labute approximate surface area is 82.4 Å². The average molecular weight is 224 g/mol. The molecular formula is C7H6BF5N2. The van der Waals surface area contributed by atoms with Crippen LogP contribution in [0, 0.1) is 18.1 Å². The van der Waals surface area contributed by atoms with E-state index in [1.54, 1.807) is 13.0 Å². The fourth-order valence-corrected chi connectivity index (χ4v) is 0.704. The van der Waals surface area contributed by atoms with Crippen molar-refractivity contribution < 1.29 is 21.7 Å². The highest BCUT2D eigenvalue weighted by Gasteiger charge is 2.20. The van der Waals surface area contributed by atoms with Crippen molar-refractivity contribution in [3.8, 4) is 0 Å². The molecule has 0 fully saturated rings. The van der Waals surface area contributed by atoms with E-state index < -0.39 is 7.25 Å². The van der Waals surface area contributed by atoms with Crippen LogP contribution in [0.3, 0.4) is 0 Å². The summed E-state index contributed by atoms with van der Waals surface area (Å²) in [5.74, 6) is -0.352. The summed E-state index contributed by atoms with van der Waals surface area (Å²) in [6.45, 7) is 1.56. The van der Waals surface area contributed by atoms with Crippen LogP contribution in [0.2, 0.25) is 0 Å². The zero-order valence-electron chi connectivity index (χ0n) is 7.59. The molecule has 0 radical (unpaired) electrons. The zero-order valence-corrected chi connectivity index (χ0v) is 7.59. The molecule has 1 aromatic carbocycles. The number of hydrogen-bond donors (Lipinski definition) is 0. The minimum Gasteiger partial charge on any atom is -0.418 e. The molecule has 2 nitrogen and oxygen atoms in total. The Kier molecular flexibility index (Phi) is 4.71. The molecule has 0 amide bonds. The summed E-state index contributed by atoms with van der Waals surface area (Å²) in [4.78, 5) is 2.89. The molecule has 0 saturated carbocycles. The van der Waals surface area contributed by atoms with Gasteiger partial charge in [-0.05, 0) is 13.0 Å². The van der Waals surface area contributed by atoms with Crippen LogP contribution in [0.4, 0.5) is 27.3 Å². The quantitative estimate of drug-likeness (QED) is 0.372. The van der Waals surface area contributed by atoms with Crippen molar-refractivity contribution in [1.29, 1.82) is 5.39 Å². The maximum Gasteiger partial charge on any atom is 0.673 e. The van der Waals surface area contributed by atoms with Gasteiger partial charge in [0.1, 0.15) is 5.82 Å². The van der Waals surface area contributed by atoms with E-state index in [1.807, 2.05) is 0 Å². The van der Waals surface area contributed by atoms with Crippen LogP contribution in [-0.4, -0.2) is 7.25 Å². The van der Waals surface area contributed by atoms with Gasteiger partial charge in [0, 0.05) is 6.07 Å². The topological polar surface area (TPSA) is 28.1 Å². The van der Waals surface area contributed by atoms with E-state index in [2.05, 4.69) is 4.98 Å². The van der Waals surface area contributed by atoms with E-state index in [9.17, 15) is 21.7 Å². The van der Waals surface area contributed by atoms with Gasteiger partial charge >= 0.3 is 12.9 Å². The summed E-state index contributed by atoms with van der Waals surface area (Å²) < 4.78 is 51.6. The molecular weight excluding hydrogens is 218 g/mol. The van der Waals surface area contributed by atoms with Gasteiger partial charge in [-0.15, -0.1) is 0 Å². The second-order valence-electron chi connectivity index (χ2n) is 2.48. The predicted octanol–water partition coefficient (Wildman–Crippen LogP) is 3.92. The molecule has 0 unspecified atom stereocenters. The van der Waals surface area contributed by atoms with Gasteiger partial charge in [-0.25, -0.2) is 4.39 Å². The van der Waals surface area contributed by atoms with Crippen LogP contribution in [0.25, 0.3) is 4.98 Å². The molecule has 0 aliphatic heterocycles. The van der Waals surface area contributed by atoms with Crippen LogP contribution in [0.5, 0.6) is 0 Å². The first-order valence-corrected chi connectivity index (χ1v) is 3.73. The third-order valence-electron chi connectivity index (χ3n) is 1.35. The molecule has 0 aromatic heterocycles. The van der Waals surface area contributed by atoms with Crippen molar-refractivity contribution in [2.24, 2.45) is 0 Å². The monoisotopic (exact) mass is 224 g/mol. The second-order valence-corrected chi connectivity index (χ2v) is 2.48. The van der Waals surface area contributed by atoms with Gasteiger partial charge in [-0.2, -0.15) is 0 Å². The second kappa shape index (κ2) is 5.29. The third-order valence-corrected chi connectivity index (χ3v) is 1.35. The molecule has 0 spiro atoms. The van der Waals surface area contributed by atoms with E-state index in [-0.39, 0.29) is 11.5 Å². The molecule has 0 atom stereocenters. The molecule has 0 saturated heterocycles. The summed E-state index contributed by atoms with van der Waals surface area (Å²) in [5, 5.41) is 8.30. The average Bonchev–Trinajstić information content (AvgIpc) is 2.07. The van der Waals surface area contributed by atoms with E-state index in [0.717, 1.165) is 0 Å². The molecule has 0 aliphatic carbocycles. The van der Waals surface area contributed by atoms with Gasteiger partial charge in [0.05, 0.1) is 5.56 Å². The highest BCUT2D eigenvalue weighted by atomic mass is 19.5. The Hall–Kier alpha value is -1.65. The summed E-state index contributed by atoms with van der Waals surface area (Å²) in [7, 11) is -6.00. The summed E-state index contributed by atoms with van der Waals surface area (Å²) >= 11 is 0. The van der Waals surface area contributed by atoms with E-state index in [4.69, 9.17) is 5.39 Å². The summed E-state index contributed by atoms with van der Waals surface area (Å²) in [5.41, 5.74) is 0.644. The van der Waals surface area contributed by atoms with Gasteiger partial charge in [0.25, 0.3) is 0 Å². The first kappa shape index (κ1) is 13.4. The van der Waals surface area contributed by atoms with Gasteiger partial charge < -0.3 is 17.3 Å². The van der Waals surface area contributed by atoms with Crippen molar-refractivity contribution >= 4 is 12.9 Å². The van der Waals surface area contributed by atoms with Crippen LogP contribution in [0.1, 0.15) is 5.56 Å². The lowest BCUT2D eigenvalue weighted by molar-refractivity contribution is 0.368. The predicted molar refractivity (Wildman–Crippen MR) is 46.1 cm³/mol. The summed E-state index contributed by atoms with van der Waals surface area (Å²) in [6, 6.07) is 4.36. The first-order chi connectivity index (χ1) is 6.75. The number of diazo groups is 1. The normalized spacial score (nSPS) is 9.93. The SMILES string of the molecule is Cc1c(F)cccc1[N+]#N.F[B-](F)(F)F. The molecule has 15 heavy (non-hydrogen) atoms. The van der Waals surface area contributed by atoms with E-state index in [0.29, 0.717) is 5.56 Å². The molecule has 0 N–H and O–H groups in total. The van der Waals surface area contributed by atoms with Crippen molar-refractivity contribution in [2.75, 3.05) is 0 Å². The highest BCUT2D eigenvalue weighted by molar-refractivity contribution is 6.50. The fraction of sp³-hybridized carbons (Fsp3) is 0.143. The van der Waals surface area contributed by atoms with Crippen molar-refractivity contribution in [1.82, 2.24) is 0 Å². The smallest absolute Gasteiger partial charge is 0.418 e. The van der Waals surface area contributed by atoms with Gasteiger partial charge in [0.2, 0.25) is 5.39 Å². The van der Waals surface area contributed by atoms with Crippen LogP contribution >= 0.6 is 0 Å². The number of hydrogen-bond acceptors (Lipinski definition) is 1. The minimum absolute atomic E-state index is 0.278. The number of nitrogens with zero attached hydrogens (tertiary/aromatic N) is 2. The minimum atomic E-state index is -6.00. The molecule has 1 rings (SSSR count). The fourth-order valence-electron chi connectivity index (χ4n) is 0.704. The zero-order chi connectivity index (χ0) is 12.1. The Bertz CT molecular complexity index is 365. The standard InChI is InChI=1S/C7H6FN2.BF4/c1-5-6(8)3-2-4-7(5)10-9;2-1(3,4)5/h2-4H,1H3;/q+1;-1. The Morgan fingerprint density at radius 1 is 1.20 bits per heavy atom. The highest BCUT2D eigenvalue weighted by Crippen LogP contribution is 2.19. The molecule has 82 valence electrons. The lowest BCUT2D eigenvalue weighted by Gasteiger charge is -1.94. The Morgan fingerprint density at radius 3 is 2.00 bits per heavy atom. The van der Waals surface area contributed by atoms with Crippen LogP contribution < -0.4 is 0 Å². The van der Waals surface area contributed by atoms with Crippen molar-refractivity contribution in [2.45, 2.75) is 6.92 Å². The van der Waals surface area contributed by atoms with Gasteiger partial charge in [-0.1, -0.05) is 6.07 Å².